The van der Waals surface area contributed by atoms with Crippen LogP contribution < -0.4 is 29.3 Å². The molecule has 0 bridgehead atoms. The number of likely N-dealkylation sites (tertiary alicyclic amines) is 1. The van der Waals surface area contributed by atoms with Crippen LogP contribution in [0.2, 0.25) is 0 Å². The molecule has 5 aromatic rings. The van der Waals surface area contributed by atoms with Gasteiger partial charge >= 0.3 is 0 Å². The quantitative estimate of drug-likeness (QED) is 0.0651. The van der Waals surface area contributed by atoms with Crippen LogP contribution in [0.15, 0.2) is 77.8 Å². The number of nitro groups is 1. The van der Waals surface area contributed by atoms with Crippen molar-refractivity contribution in [1.29, 1.82) is 0 Å². The standard InChI is InChI=1S/C57H70N8O10S/c1-34(2)40-7-5-6-8-41(40)48-31-56(4,68)17-23-63(48)38-29-57(30-38)18-21-62(22-19-57)37-9-10-42(45(26-37)64-44-14-24-73-33-50(44)75-54-47(64)25-36-13-20-58-52(36)60-54)53(66)61-76(71,72)39-27-46(65(69)70)51-49(28-39)74-32-43(59-51)35-11-15-55(3,67)16-12-35/h5-10,13,20,25-28,34-35,38,43-44,48,50,59,67-68H,11-12,14-19,21-24,29-33H2,1-4H3,(H,58,60)(H,61,66)/t35?,43-,44-,48-,50-,55?,56-/m0/s1. The van der Waals surface area contributed by atoms with Gasteiger partial charge in [-0.3, -0.25) is 19.8 Å². The highest BCUT2D eigenvalue weighted by Crippen LogP contribution is 2.55. The van der Waals surface area contributed by atoms with Crippen LogP contribution in [0.4, 0.5) is 28.4 Å². The number of aliphatic hydroxyl groups is 2. The zero-order valence-electron chi connectivity index (χ0n) is 43.8. The molecule has 19 heteroatoms. The number of aromatic nitrogens is 2. The summed E-state index contributed by atoms with van der Waals surface area (Å²) in [5.41, 5.74) is 3.70. The van der Waals surface area contributed by atoms with Crippen LogP contribution in [0.25, 0.3) is 11.0 Å². The van der Waals surface area contributed by atoms with Crippen LogP contribution in [0.5, 0.6) is 11.6 Å². The van der Waals surface area contributed by atoms with E-state index in [1.807, 2.05) is 38.1 Å². The molecule has 2 saturated carbocycles. The Kier molecular flexibility index (Phi) is 12.8. The van der Waals surface area contributed by atoms with E-state index in [0.29, 0.717) is 80.0 Å². The summed E-state index contributed by atoms with van der Waals surface area (Å²) >= 11 is 0. The van der Waals surface area contributed by atoms with Crippen molar-refractivity contribution in [2.24, 2.45) is 11.3 Å². The van der Waals surface area contributed by atoms with Gasteiger partial charge in [0.2, 0.25) is 5.88 Å². The Bertz CT molecular complexity index is 3170. The van der Waals surface area contributed by atoms with Crippen molar-refractivity contribution in [2.75, 3.05) is 54.6 Å². The smallest absolute Gasteiger partial charge is 0.297 e. The molecular weight excluding hydrogens is 989 g/mol. The summed E-state index contributed by atoms with van der Waals surface area (Å²) in [5.74, 6) is -0.0821. The number of nitrogens with one attached hydrogen (secondary N) is 3. The number of ether oxygens (including phenoxy) is 3. The van der Waals surface area contributed by atoms with Crippen molar-refractivity contribution in [3.8, 4) is 11.6 Å². The molecule has 7 heterocycles. The molecule has 12 rings (SSSR count). The lowest BCUT2D eigenvalue weighted by Gasteiger charge is -2.58. The Morgan fingerprint density at radius 2 is 1.68 bits per heavy atom. The lowest BCUT2D eigenvalue weighted by Crippen LogP contribution is -2.58. The first-order chi connectivity index (χ1) is 36.3. The van der Waals surface area contributed by atoms with Crippen molar-refractivity contribution in [3.63, 3.8) is 0 Å². The fourth-order valence-electron chi connectivity index (χ4n) is 13.8. The second kappa shape index (κ2) is 19.2. The Balaban J connectivity index is 0.830. The zero-order valence-corrected chi connectivity index (χ0v) is 44.6. The third-order valence-corrected chi connectivity index (χ3v) is 19.5. The van der Waals surface area contributed by atoms with Crippen molar-refractivity contribution in [3.05, 3.63) is 99.7 Å². The minimum Gasteiger partial charge on any atom is -0.489 e. The molecule has 7 aliphatic rings. The van der Waals surface area contributed by atoms with Gasteiger partial charge in [0.05, 0.1) is 51.0 Å². The Morgan fingerprint density at radius 1 is 0.908 bits per heavy atom. The van der Waals surface area contributed by atoms with Crippen molar-refractivity contribution < 1.29 is 42.6 Å². The van der Waals surface area contributed by atoms with Crippen LogP contribution in [-0.2, 0) is 14.8 Å². The predicted octanol–water partition coefficient (Wildman–Crippen LogP) is 8.85. The second-order valence-electron chi connectivity index (χ2n) is 23.8. The number of rotatable bonds is 10. The number of anilines is 4. The molecule has 0 radical (unpaired) electrons. The molecule has 2 aromatic heterocycles. The van der Waals surface area contributed by atoms with Crippen LogP contribution >= 0.6 is 0 Å². The molecule has 5 atom stereocenters. The number of carbonyl (C=O) groups is 1. The van der Waals surface area contributed by atoms with Crippen LogP contribution in [0.1, 0.15) is 132 Å². The summed E-state index contributed by atoms with van der Waals surface area (Å²) in [7, 11) is -4.73. The average molecular weight is 1060 g/mol. The van der Waals surface area contributed by atoms with Crippen molar-refractivity contribution in [1.82, 2.24) is 19.6 Å². The van der Waals surface area contributed by atoms with Crippen LogP contribution in [-0.4, -0.2) is 119 Å². The minimum absolute atomic E-state index is 0.00302. The highest BCUT2D eigenvalue weighted by Gasteiger charge is 2.52. The van der Waals surface area contributed by atoms with Gasteiger partial charge in [-0.1, -0.05) is 38.1 Å². The highest BCUT2D eigenvalue weighted by atomic mass is 32.2. The molecule has 3 saturated heterocycles. The summed E-state index contributed by atoms with van der Waals surface area (Å²) < 4.78 is 49.7. The number of benzene rings is 3. The first kappa shape index (κ1) is 50.8. The predicted molar refractivity (Wildman–Crippen MR) is 288 cm³/mol. The van der Waals surface area contributed by atoms with Gasteiger partial charge in [-0.25, -0.2) is 13.1 Å². The lowest BCUT2D eigenvalue weighted by atomic mass is 9.59. The van der Waals surface area contributed by atoms with E-state index in [-0.39, 0.29) is 59.7 Å². The molecule has 5 fully saturated rings. The fraction of sp³-hybridized carbons (Fsp3) is 0.544. The maximum Gasteiger partial charge on any atom is 0.297 e. The van der Waals surface area contributed by atoms with E-state index >= 15 is 0 Å². The largest absolute Gasteiger partial charge is 0.489 e. The third kappa shape index (κ3) is 9.42. The molecule has 5 N–H and O–H groups in total. The van der Waals surface area contributed by atoms with Crippen molar-refractivity contribution >= 4 is 55.4 Å². The summed E-state index contributed by atoms with van der Waals surface area (Å²) in [6.07, 6.45) is 10.1. The van der Waals surface area contributed by atoms with Gasteiger partial charge in [-0.2, -0.15) is 4.98 Å². The molecule has 0 unspecified atom stereocenters. The Labute approximate surface area is 443 Å². The fourth-order valence-corrected chi connectivity index (χ4v) is 14.8. The average Bonchev–Trinajstić information content (AvgIpc) is 3.87. The minimum atomic E-state index is -4.73. The number of hydrogen-bond acceptors (Lipinski definition) is 15. The van der Waals surface area contributed by atoms with E-state index in [0.717, 1.165) is 68.9 Å². The molecule has 3 aromatic carbocycles. The topological polar surface area (TPSA) is 225 Å². The summed E-state index contributed by atoms with van der Waals surface area (Å²) in [6.45, 7) is 11.6. The van der Waals surface area contributed by atoms with Gasteiger partial charge in [0.15, 0.2) is 11.4 Å². The maximum absolute atomic E-state index is 14.9. The molecule has 1 spiro atoms. The van der Waals surface area contributed by atoms with Crippen molar-refractivity contribution in [2.45, 2.75) is 151 Å². The van der Waals surface area contributed by atoms with Crippen LogP contribution in [0, 0.1) is 21.4 Å². The molecule has 2 aliphatic carbocycles. The van der Waals surface area contributed by atoms with Gasteiger partial charge in [0.1, 0.15) is 24.0 Å². The second-order valence-corrected chi connectivity index (χ2v) is 25.5. The Morgan fingerprint density at radius 3 is 2.45 bits per heavy atom. The highest BCUT2D eigenvalue weighted by molar-refractivity contribution is 7.90. The van der Waals surface area contributed by atoms with E-state index in [9.17, 15) is 33.5 Å². The molecular formula is C57H70N8O10S. The Hall–Kier alpha value is -5.99. The first-order valence-corrected chi connectivity index (χ1v) is 28.8. The number of pyridine rings is 1. The van der Waals surface area contributed by atoms with E-state index < -0.39 is 48.7 Å². The van der Waals surface area contributed by atoms with Crippen LogP contribution in [0.3, 0.4) is 0 Å². The van der Waals surface area contributed by atoms with E-state index in [1.54, 1.807) is 12.3 Å². The number of nitrogens with zero attached hydrogens (tertiary/aromatic N) is 5. The number of piperidine rings is 2. The normalized spacial score (nSPS) is 28.6. The van der Waals surface area contributed by atoms with Gasteiger partial charge in [-0.05, 0) is 143 Å². The summed E-state index contributed by atoms with van der Waals surface area (Å²) in [6, 6.07) is 20.4. The number of fused-ring (bicyclic) bond motifs is 4. The molecule has 18 nitrogen and oxygen atoms in total. The number of nitro benzene ring substituents is 1. The number of carbonyl (C=O) groups excluding carboxylic acids is 1. The number of H-pyrrole nitrogens is 1. The third-order valence-electron chi connectivity index (χ3n) is 18.2. The summed E-state index contributed by atoms with van der Waals surface area (Å²) in [4.78, 5) is 41.5. The molecule has 404 valence electrons. The molecule has 76 heavy (non-hydrogen) atoms. The summed E-state index contributed by atoms with van der Waals surface area (Å²) in [5, 5.41) is 38.6. The van der Waals surface area contributed by atoms with E-state index in [1.165, 1.54) is 17.2 Å². The van der Waals surface area contributed by atoms with E-state index in [2.05, 4.69) is 67.8 Å². The lowest BCUT2D eigenvalue weighted by molar-refractivity contribution is -0.384. The van der Waals surface area contributed by atoms with Gasteiger partial charge in [-0.15, -0.1) is 0 Å². The van der Waals surface area contributed by atoms with Gasteiger partial charge < -0.3 is 44.5 Å². The first-order valence-electron chi connectivity index (χ1n) is 27.3. The molecule has 1 amide bonds. The number of hydrogen-bond donors (Lipinski definition) is 5. The maximum atomic E-state index is 14.9. The molecule has 5 aliphatic heterocycles. The monoisotopic (exact) mass is 1060 g/mol. The zero-order chi connectivity index (χ0) is 52.9. The number of sulfonamides is 1. The SMILES string of the molecule is CC(C)c1ccccc1[C@@H]1C[C@@](C)(O)CCN1C1CC2(CCN(c3ccc(C(=O)NS(=O)(=O)c4cc5c(c([N+](=O)[O-])c4)N[C@H](C4CCC(C)(O)CC4)CO5)c(N4c5cc6cc[nH]c6nc5O[C@H]5COCC[C@@H]54)c3)CC2)C1. The van der Waals surface area contributed by atoms with Gasteiger partial charge in [0, 0.05) is 67.7 Å². The number of amides is 1. The number of aromatic amines is 1. The van der Waals surface area contributed by atoms with Gasteiger partial charge in [0.25, 0.3) is 21.6 Å². The van der Waals surface area contributed by atoms with E-state index in [4.69, 9.17) is 19.2 Å².